The largest absolute Gasteiger partial charge is 0.258 e. The lowest BCUT2D eigenvalue weighted by molar-refractivity contribution is 0.516. The minimum Gasteiger partial charge on any atom is -0.258 e. The summed E-state index contributed by atoms with van der Waals surface area (Å²) in [7, 11) is 0. The molecule has 0 heterocycles. The van der Waals surface area contributed by atoms with E-state index in [4.69, 9.17) is 5.73 Å². The van der Waals surface area contributed by atoms with Crippen LogP contribution in [0.3, 0.4) is 0 Å². The van der Waals surface area contributed by atoms with E-state index in [1.54, 1.807) is 0 Å². The predicted octanol–water partition coefficient (Wildman–Crippen LogP) is 3.27. The molecule has 11 heavy (non-hydrogen) atoms. The van der Waals surface area contributed by atoms with Gasteiger partial charge >= 0.3 is 0 Å². The molecule has 1 radical (unpaired) electrons. The van der Waals surface area contributed by atoms with Gasteiger partial charge in [-0.3, -0.25) is 5.73 Å². The van der Waals surface area contributed by atoms with E-state index in [9.17, 15) is 0 Å². The lowest BCUT2D eigenvalue weighted by Crippen LogP contribution is -1.88. The Labute approximate surface area is 71.4 Å². The number of hydrogen-bond acceptors (Lipinski definition) is 0. The van der Waals surface area contributed by atoms with Crippen molar-refractivity contribution >= 4 is 0 Å². The van der Waals surface area contributed by atoms with Crippen molar-refractivity contribution in [1.29, 1.82) is 0 Å². The minimum absolute atomic E-state index is 0.615. The Hall–Kier alpha value is -0.0400. The van der Waals surface area contributed by atoms with Gasteiger partial charge in [-0.05, 0) is 12.3 Å². The molecule has 0 atom stereocenters. The van der Waals surface area contributed by atoms with Gasteiger partial charge in [0.2, 0.25) is 0 Å². The van der Waals surface area contributed by atoms with E-state index >= 15 is 0 Å². The summed E-state index contributed by atoms with van der Waals surface area (Å²) >= 11 is 0. The van der Waals surface area contributed by atoms with Gasteiger partial charge in [-0.2, -0.15) is 0 Å². The fraction of sp³-hybridized carbons (Fsp3) is 1.00. The zero-order chi connectivity index (χ0) is 8.53. The lowest BCUT2D eigenvalue weighted by Gasteiger charge is -2.03. The number of rotatable bonds is 7. The summed E-state index contributed by atoms with van der Waals surface area (Å²) in [5.41, 5.74) is 6.95. The van der Waals surface area contributed by atoms with Crippen LogP contribution in [-0.4, -0.2) is 6.54 Å². The molecule has 0 aromatic heterocycles. The standard InChI is InChI=1S/C10H22N/c1-10(2)8-6-4-3-5-7-9-11/h10-11H,3-9H2,1-2H3. The molecule has 1 N–H and O–H groups in total. The molecule has 0 spiro atoms. The van der Waals surface area contributed by atoms with Gasteiger partial charge < -0.3 is 0 Å². The molecule has 0 aliphatic carbocycles. The molecular formula is C10H22N. The molecule has 0 aliphatic heterocycles. The van der Waals surface area contributed by atoms with Gasteiger partial charge in [-0.25, -0.2) is 0 Å². The second-order valence-corrected chi connectivity index (χ2v) is 3.70. The van der Waals surface area contributed by atoms with Gasteiger partial charge in [0.15, 0.2) is 0 Å². The lowest BCUT2D eigenvalue weighted by atomic mass is 10.0. The Morgan fingerprint density at radius 1 is 0.909 bits per heavy atom. The molecule has 0 aromatic rings. The molecule has 1 heteroatoms. The topological polar surface area (TPSA) is 23.8 Å². The highest BCUT2D eigenvalue weighted by Gasteiger charge is 1.93. The number of unbranched alkanes of at least 4 members (excludes halogenated alkanes) is 4. The molecule has 1 nitrogen and oxygen atoms in total. The molecule has 0 amide bonds. The van der Waals surface area contributed by atoms with Crippen molar-refractivity contribution in [2.24, 2.45) is 5.92 Å². The molecule has 0 aliphatic rings. The van der Waals surface area contributed by atoms with Crippen LogP contribution in [0.25, 0.3) is 0 Å². The van der Waals surface area contributed by atoms with Crippen molar-refractivity contribution in [2.75, 3.05) is 6.54 Å². The van der Waals surface area contributed by atoms with Gasteiger partial charge in [-0.1, -0.05) is 46.0 Å². The molecule has 0 rings (SSSR count). The van der Waals surface area contributed by atoms with Crippen LogP contribution in [0.2, 0.25) is 0 Å². The maximum atomic E-state index is 6.95. The zero-order valence-electron chi connectivity index (χ0n) is 8.03. The zero-order valence-corrected chi connectivity index (χ0v) is 8.03. The van der Waals surface area contributed by atoms with E-state index in [-0.39, 0.29) is 0 Å². The molecular weight excluding hydrogens is 134 g/mol. The third-order valence-corrected chi connectivity index (χ3v) is 1.96. The van der Waals surface area contributed by atoms with Crippen LogP contribution in [0.1, 0.15) is 52.4 Å². The summed E-state index contributed by atoms with van der Waals surface area (Å²) in [5, 5.41) is 0. The van der Waals surface area contributed by atoms with Crippen molar-refractivity contribution in [2.45, 2.75) is 52.4 Å². The third kappa shape index (κ3) is 9.96. The van der Waals surface area contributed by atoms with Crippen LogP contribution in [0.15, 0.2) is 0 Å². The second-order valence-electron chi connectivity index (χ2n) is 3.70. The van der Waals surface area contributed by atoms with E-state index < -0.39 is 0 Å². The first-order valence-corrected chi connectivity index (χ1v) is 4.92. The average Bonchev–Trinajstić information content (AvgIpc) is 1.96. The van der Waals surface area contributed by atoms with E-state index in [1.165, 1.54) is 32.1 Å². The van der Waals surface area contributed by atoms with Gasteiger partial charge in [0.1, 0.15) is 0 Å². The van der Waals surface area contributed by atoms with E-state index in [0.29, 0.717) is 6.54 Å². The highest BCUT2D eigenvalue weighted by molar-refractivity contribution is 4.48. The highest BCUT2D eigenvalue weighted by atomic mass is 14.5. The van der Waals surface area contributed by atoms with Gasteiger partial charge in [-0.15, -0.1) is 0 Å². The Morgan fingerprint density at radius 2 is 1.45 bits per heavy atom. The van der Waals surface area contributed by atoms with Crippen LogP contribution >= 0.6 is 0 Å². The van der Waals surface area contributed by atoms with Crippen molar-refractivity contribution in [3.63, 3.8) is 0 Å². The Kier molecular flexibility index (Phi) is 8.03. The molecule has 0 unspecified atom stereocenters. The van der Waals surface area contributed by atoms with E-state index in [0.717, 1.165) is 12.3 Å². The number of hydrogen-bond donors (Lipinski definition) is 0. The van der Waals surface area contributed by atoms with Crippen LogP contribution < -0.4 is 5.73 Å². The van der Waals surface area contributed by atoms with Crippen LogP contribution in [0.5, 0.6) is 0 Å². The molecule has 0 aromatic carbocycles. The fourth-order valence-corrected chi connectivity index (χ4v) is 1.21. The van der Waals surface area contributed by atoms with E-state index in [2.05, 4.69) is 13.8 Å². The summed E-state index contributed by atoms with van der Waals surface area (Å²) in [6.07, 6.45) is 7.84. The summed E-state index contributed by atoms with van der Waals surface area (Å²) in [4.78, 5) is 0. The maximum Gasteiger partial charge on any atom is 0.00997 e. The quantitative estimate of drug-likeness (QED) is 0.505. The fourth-order valence-electron chi connectivity index (χ4n) is 1.21. The molecule has 67 valence electrons. The average molecular weight is 156 g/mol. The summed E-state index contributed by atoms with van der Waals surface area (Å²) in [5.74, 6) is 0.867. The molecule has 0 bridgehead atoms. The predicted molar refractivity (Wildman–Crippen MR) is 50.5 cm³/mol. The van der Waals surface area contributed by atoms with Gasteiger partial charge in [0.05, 0.1) is 0 Å². The summed E-state index contributed by atoms with van der Waals surface area (Å²) in [6, 6.07) is 0. The van der Waals surface area contributed by atoms with E-state index in [1.807, 2.05) is 0 Å². The van der Waals surface area contributed by atoms with Crippen LogP contribution in [0.4, 0.5) is 0 Å². The van der Waals surface area contributed by atoms with Crippen molar-refractivity contribution < 1.29 is 0 Å². The Morgan fingerprint density at radius 3 is 2.00 bits per heavy atom. The molecule has 0 saturated heterocycles. The highest BCUT2D eigenvalue weighted by Crippen LogP contribution is 2.09. The normalized spacial score (nSPS) is 10.9. The number of nitrogens with one attached hydrogen (secondary N) is 1. The second kappa shape index (κ2) is 8.06. The van der Waals surface area contributed by atoms with Gasteiger partial charge in [0, 0.05) is 6.54 Å². The van der Waals surface area contributed by atoms with Crippen molar-refractivity contribution in [3.8, 4) is 0 Å². The first-order valence-electron chi connectivity index (χ1n) is 4.92. The van der Waals surface area contributed by atoms with Crippen LogP contribution in [-0.2, 0) is 0 Å². The minimum atomic E-state index is 0.615. The first kappa shape index (κ1) is 11.0. The Bertz CT molecular complexity index is 69.3. The van der Waals surface area contributed by atoms with Crippen molar-refractivity contribution in [1.82, 2.24) is 5.73 Å². The SMILES string of the molecule is CC(C)CCCCCCC[NH]. The molecule has 0 saturated carbocycles. The van der Waals surface area contributed by atoms with Crippen molar-refractivity contribution in [3.05, 3.63) is 0 Å². The monoisotopic (exact) mass is 156 g/mol. The smallest absolute Gasteiger partial charge is 0.00997 e. The Balaban J connectivity index is 2.80. The summed E-state index contributed by atoms with van der Waals surface area (Å²) in [6.45, 7) is 5.18. The molecule has 0 fully saturated rings. The first-order chi connectivity index (χ1) is 5.27. The third-order valence-electron chi connectivity index (χ3n) is 1.96. The van der Waals surface area contributed by atoms with Gasteiger partial charge in [0.25, 0.3) is 0 Å². The van der Waals surface area contributed by atoms with Crippen LogP contribution in [0, 0.1) is 5.92 Å². The maximum absolute atomic E-state index is 6.95. The summed E-state index contributed by atoms with van der Waals surface area (Å²) < 4.78 is 0.